The second-order valence-electron chi connectivity index (χ2n) is 17.3. The molecule has 13 nitrogen and oxygen atoms in total. The summed E-state index contributed by atoms with van der Waals surface area (Å²) in [5.41, 5.74) is 2.89. The monoisotopic (exact) mass is 1100 g/mol. The Hall–Kier alpha value is -3.42. The predicted octanol–water partition coefficient (Wildman–Crippen LogP) is 8.43. The number of methoxy groups -OCH3 is 3. The number of hydrogen-bond acceptors (Lipinski definition) is 10. The second kappa shape index (κ2) is 30.1. The third-order valence-electron chi connectivity index (χ3n) is 12.7. The first kappa shape index (κ1) is 61.9. The quantitative estimate of drug-likeness (QED) is 0.0322. The van der Waals surface area contributed by atoms with Gasteiger partial charge in [-0.2, -0.15) is 0 Å². The maximum Gasteiger partial charge on any atom is 1.00 e. The van der Waals surface area contributed by atoms with Crippen molar-refractivity contribution in [3.63, 3.8) is 0 Å². The van der Waals surface area contributed by atoms with Crippen molar-refractivity contribution in [2.24, 2.45) is 10.8 Å². The van der Waals surface area contributed by atoms with Crippen LogP contribution in [0.2, 0.25) is 20.1 Å². The van der Waals surface area contributed by atoms with Crippen molar-refractivity contribution >= 4 is 116 Å². The summed E-state index contributed by atoms with van der Waals surface area (Å²) in [5.74, 6) is -2.16. The molecule has 2 saturated carbocycles. The standard InChI is InChI=1S/C26H30Cl2N2O4S.C25H28Cl2N2O4S.Na.H2O/c1-33-15-14-26(12-3-4-13-26)25(35)30-21(24(32)34-2)16-17-8-10-18(11-9-17)29-23(31)22-19(27)6-5-7-20(22)28;1-33-14-13-25(11-2-3-12-25)24(34)29-20(23(31)32)15-16-7-9-17(10-8-16)28-22(30)21-18(26)5-4-6-19(21)27;;/h5-11,21H,3-4,12-16H2,1-2H3,(H,29,31)(H,30,35);4-10,20H,2-3,11-15H2,1H3,(H,28,30)(H,29,34)(H,31,32);;1H2/q;;+1;/p-1/t21-;20-;;/m00../s1. The van der Waals surface area contributed by atoms with E-state index in [4.69, 9.17) is 85.1 Å². The van der Waals surface area contributed by atoms with Crippen LogP contribution in [0, 0.1) is 10.8 Å². The molecule has 0 spiro atoms. The van der Waals surface area contributed by atoms with E-state index in [1.54, 1.807) is 87.0 Å². The Morgan fingerprint density at radius 3 is 1.25 bits per heavy atom. The summed E-state index contributed by atoms with van der Waals surface area (Å²) in [6, 6.07) is 22.5. The normalized spacial score (nSPS) is 15.0. The Kier molecular flexibility index (Phi) is 26.2. The van der Waals surface area contributed by atoms with Gasteiger partial charge in [-0.05, 0) is 98.2 Å². The molecule has 2 aliphatic carbocycles. The number of anilines is 2. The van der Waals surface area contributed by atoms with Crippen molar-refractivity contribution < 1.29 is 73.5 Å². The van der Waals surface area contributed by atoms with Crippen LogP contribution in [0.25, 0.3) is 0 Å². The molecular weight excluding hydrogens is 1040 g/mol. The van der Waals surface area contributed by atoms with Crippen molar-refractivity contribution in [1.29, 1.82) is 0 Å². The number of carboxylic acids is 1. The molecule has 2 aliphatic rings. The van der Waals surface area contributed by atoms with Crippen LogP contribution < -0.4 is 50.8 Å². The van der Waals surface area contributed by atoms with Crippen LogP contribution in [0.15, 0.2) is 84.9 Å². The van der Waals surface area contributed by atoms with Gasteiger partial charge in [0.15, 0.2) is 0 Å². The summed E-state index contributed by atoms with van der Waals surface area (Å²) < 4.78 is 15.6. The molecule has 2 atom stereocenters. The predicted molar refractivity (Wildman–Crippen MR) is 285 cm³/mol. The van der Waals surface area contributed by atoms with Crippen LogP contribution in [0.5, 0.6) is 0 Å². The molecule has 0 aromatic heterocycles. The molecule has 378 valence electrons. The number of thiocarbonyl (C=S) groups is 2. The van der Waals surface area contributed by atoms with Crippen molar-refractivity contribution in [2.45, 2.75) is 89.1 Å². The maximum absolute atomic E-state index is 12.6. The average Bonchev–Trinajstić information content (AvgIpc) is 4.03. The molecular formula is C51H59Cl4N4NaO9S2. The molecule has 6 N–H and O–H groups in total. The number of rotatable bonds is 20. The summed E-state index contributed by atoms with van der Waals surface area (Å²) in [6.07, 6.45) is 10.5. The molecule has 4 aromatic rings. The van der Waals surface area contributed by atoms with Gasteiger partial charge in [-0.25, -0.2) is 9.59 Å². The van der Waals surface area contributed by atoms with E-state index in [9.17, 15) is 24.3 Å². The SMILES string of the molecule is COCCC1(C(=S)N[C@@H](Cc2ccc(NC(=O)c3c(Cl)cccc3Cl)cc2)C(=O)O)CCCC1.COCCC1(C(=S)N[C@@H](Cc2ccc(NC(=O)c3c(Cl)cccc3Cl)cc2)C(=O)OC)CCCC1.[Na+].[OH-]. The van der Waals surface area contributed by atoms with Gasteiger partial charge in [-0.1, -0.05) is 133 Å². The van der Waals surface area contributed by atoms with Crippen LogP contribution >= 0.6 is 70.8 Å². The number of carbonyl (C=O) groups is 4. The van der Waals surface area contributed by atoms with Gasteiger partial charge in [0, 0.05) is 62.5 Å². The van der Waals surface area contributed by atoms with Gasteiger partial charge in [0.05, 0.1) is 48.3 Å². The minimum atomic E-state index is -0.965. The number of carbonyl (C=O) groups excluding carboxylic acids is 3. The second-order valence-corrected chi connectivity index (χ2v) is 19.7. The van der Waals surface area contributed by atoms with Gasteiger partial charge in [-0.3, -0.25) is 9.59 Å². The van der Waals surface area contributed by atoms with E-state index >= 15 is 0 Å². The van der Waals surface area contributed by atoms with E-state index in [-0.39, 0.29) is 89.5 Å². The number of ether oxygens (including phenoxy) is 3. The van der Waals surface area contributed by atoms with Gasteiger partial charge in [0.2, 0.25) is 0 Å². The number of amides is 2. The number of hydrogen-bond donors (Lipinski definition) is 5. The van der Waals surface area contributed by atoms with Crippen molar-refractivity contribution in [2.75, 3.05) is 45.2 Å². The Balaban J connectivity index is 0.000000365. The molecule has 4 aromatic carbocycles. The molecule has 71 heavy (non-hydrogen) atoms. The molecule has 6 rings (SSSR count). The fraction of sp³-hybridized carbons (Fsp3) is 0.412. The smallest absolute Gasteiger partial charge is 0.870 e. The van der Waals surface area contributed by atoms with Crippen LogP contribution in [-0.2, 0) is 36.6 Å². The van der Waals surface area contributed by atoms with E-state index < -0.39 is 29.9 Å². The Bertz CT molecular complexity index is 2400. The van der Waals surface area contributed by atoms with Gasteiger partial charge < -0.3 is 46.1 Å². The van der Waals surface area contributed by atoms with Crippen LogP contribution in [0.4, 0.5) is 11.4 Å². The summed E-state index contributed by atoms with van der Waals surface area (Å²) in [4.78, 5) is 51.0. The third kappa shape index (κ3) is 17.3. The maximum atomic E-state index is 12.6. The molecule has 20 heteroatoms. The summed E-state index contributed by atoms with van der Waals surface area (Å²) in [5, 5.41) is 22.9. The van der Waals surface area contributed by atoms with Crippen molar-refractivity contribution in [3.8, 4) is 0 Å². The van der Waals surface area contributed by atoms with E-state index in [1.807, 2.05) is 12.1 Å². The molecule has 0 aliphatic heterocycles. The summed E-state index contributed by atoms with van der Waals surface area (Å²) >= 11 is 35.9. The zero-order chi connectivity index (χ0) is 50.1. The first-order valence-corrected chi connectivity index (χ1v) is 25.0. The minimum absolute atomic E-state index is 0. The number of carboxylic acid groups (broad SMARTS) is 1. The Labute approximate surface area is 468 Å². The fourth-order valence-electron chi connectivity index (χ4n) is 8.77. The number of esters is 1. The molecule has 2 amide bonds. The number of benzene rings is 4. The van der Waals surface area contributed by atoms with Crippen LogP contribution in [0.3, 0.4) is 0 Å². The van der Waals surface area contributed by atoms with Crippen molar-refractivity contribution in [3.05, 3.63) is 127 Å². The number of aliphatic carboxylic acids is 1. The molecule has 0 heterocycles. The molecule has 0 unspecified atom stereocenters. The molecule has 0 bridgehead atoms. The average molecular weight is 1100 g/mol. The Morgan fingerprint density at radius 2 is 0.930 bits per heavy atom. The van der Waals surface area contributed by atoms with E-state index in [2.05, 4.69) is 21.3 Å². The third-order valence-corrected chi connectivity index (χ3v) is 15.1. The topological polar surface area (TPSA) is 194 Å². The first-order chi connectivity index (χ1) is 33.0. The van der Waals surface area contributed by atoms with Crippen molar-refractivity contribution in [1.82, 2.24) is 10.6 Å². The molecule has 2 fully saturated rings. The fourth-order valence-corrected chi connectivity index (χ4v) is 10.8. The zero-order valence-corrected chi connectivity index (χ0v) is 46.9. The van der Waals surface area contributed by atoms with Crippen LogP contribution in [0.1, 0.15) is 96.1 Å². The first-order valence-electron chi connectivity index (χ1n) is 22.6. The number of nitrogens with one attached hydrogen (secondary N) is 4. The largest absolute Gasteiger partial charge is 1.00 e. The van der Waals surface area contributed by atoms with Gasteiger partial charge in [-0.15, -0.1) is 0 Å². The molecule has 0 saturated heterocycles. The van der Waals surface area contributed by atoms with E-state index in [1.165, 1.54) is 7.11 Å². The summed E-state index contributed by atoms with van der Waals surface area (Å²) in [7, 11) is 4.72. The van der Waals surface area contributed by atoms with Crippen LogP contribution in [-0.4, -0.2) is 90.9 Å². The van der Waals surface area contributed by atoms with Gasteiger partial charge >= 0.3 is 41.5 Å². The van der Waals surface area contributed by atoms with Gasteiger partial charge in [0.25, 0.3) is 11.8 Å². The Morgan fingerprint density at radius 1 is 0.592 bits per heavy atom. The minimum Gasteiger partial charge on any atom is -0.870 e. The van der Waals surface area contributed by atoms with Gasteiger partial charge in [0.1, 0.15) is 12.1 Å². The zero-order valence-electron chi connectivity index (χ0n) is 40.2. The number of halogens is 4. The summed E-state index contributed by atoms with van der Waals surface area (Å²) in [6.45, 7) is 1.21. The van der Waals surface area contributed by atoms with E-state index in [0.29, 0.717) is 41.0 Å². The molecule has 0 radical (unpaired) electrons. The van der Waals surface area contributed by atoms with E-state index in [0.717, 1.165) is 75.3 Å².